The number of carbonyl (C=O) groups is 1. The van der Waals surface area contributed by atoms with Crippen molar-refractivity contribution in [1.82, 2.24) is 4.90 Å². The normalized spacial score (nSPS) is 16.5. The zero-order valence-electron chi connectivity index (χ0n) is 18.5. The number of benzene rings is 2. The predicted molar refractivity (Wildman–Crippen MR) is 117 cm³/mol. The van der Waals surface area contributed by atoms with E-state index < -0.39 is 23.6 Å². The van der Waals surface area contributed by atoms with Crippen molar-refractivity contribution in [2.75, 3.05) is 25.0 Å². The molecule has 0 saturated carbocycles. The molecule has 0 aliphatic carbocycles. The van der Waals surface area contributed by atoms with Gasteiger partial charge in [-0.2, -0.15) is 0 Å². The summed E-state index contributed by atoms with van der Waals surface area (Å²) in [5.41, 5.74) is 1.00. The molecule has 1 fully saturated rings. The Balaban J connectivity index is 1.58. The number of nitrogens with one attached hydrogen (secondary N) is 1. The number of ether oxygens (including phenoxy) is 1. The van der Waals surface area contributed by atoms with Gasteiger partial charge < -0.3 is 20.1 Å². The van der Waals surface area contributed by atoms with Crippen LogP contribution in [0.25, 0.3) is 0 Å². The van der Waals surface area contributed by atoms with Gasteiger partial charge in [0.25, 0.3) is 5.91 Å². The second-order valence-corrected chi connectivity index (χ2v) is 9.24. The molecule has 0 radical (unpaired) electrons. The van der Waals surface area contributed by atoms with E-state index in [2.05, 4.69) is 30.8 Å². The van der Waals surface area contributed by atoms with E-state index in [-0.39, 0.29) is 24.1 Å². The Bertz CT molecular complexity index is 929. The molecule has 0 bridgehead atoms. The average Bonchev–Trinajstić information content (AvgIpc) is 2.71. The lowest BCUT2D eigenvalue weighted by molar-refractivity contribution is -0.274. The highest BCUT2D eigenvalue weighted by Crippen LogP contribution is 2.30. The summed E-state index contributed by atoms with van der Waals surface area (Å²) in [5.74, 6) is -1.07. The number of aliphatic hydroxyl groups is 1. The van der Waals surface area contributed by atoms with Crippen LogP contribution in [0, 0.1) is 0 Å². The van der Waals surface area contributed by atoms with Crippen LogP contribution in [0.15, 0.2) is 48.5 Å². The molecule has 3 rings (SSSR count). The molecular formula is C24H29F3N2O3. The standard InChI is InChI=1S/C24H29F3N2O3/c1-22(2,3)17-8-10-18(11-9-17)28-16-23(31)12-14-29(15-13-23)21(30)19-6-4-5-7-20(19)32-24(25,26)27/h4-11,28,31H,12-16H2,1-3H3. The summed E-state index contributed by atoms with van der Waals surface area (Å²) in [6, 6.07) is 13.4. The van der Waals surface area contributed by atoms with Crippen molar-refractivity contribution in [2.24, 2.45) is 0 Å². The number of nitrogens with zero attached hydrogens (tertiary/aromatic N) is 1. The number of piperidine rings is 1. The first kappa shape index (κ1) is 23.9. The lowest BCUT2D eigenvalue weighted by Crippen LogP contribution is -2.50. The number of amides is 1. The van der Waals surface area contributed by atoms with Crippen molar-refractivity contribution in [1.29, 1.82) is 0 Å². The first-order valence-electron chi connectivity index (χ1n) is 10.6. The highest BCUT2D eigenvalue weighted by atomic mass is 19.4. The van der Waals surface area contributed by atoms with Crippen molar-refractivity contribution >= 4 is 11.6 Å². The number of alkyl halides is 3. The van der Waals surface area contributed by atoms with Gasteiger partial charge in [-0.05, 0) is 48.1 Å². The van der Waals surface area contributed by atoms with Crippen molar-refractivity contribution in [3.8, 4) is 5.75 Å². The molecule has 0 aromatic heterocycles. The first-order valence-corrected chi connectivity index (χ1v) is 10.6. The van der Waals surface area contributed by atoms with Crippen LogP contribution < -0.4 is 10.1 Å². The van der Waals surface area contributed by atoms with Gasteiger partial charge in [0.15, 0.2) is 0 Å². The van der Waals surface area contributed by atoms with Gasteiger partial charge in [0, 0.05) is 25.3 Å². The van der Waals surface area contributed by atoms with Gasteiger partial charge in [0.05, 0.1) is 11.2 Å². The molecule has 1 aliphatic heterocycles. The maximum Gasteiger partial charge on any atom is 0.573 e. The number of anilines is 1. The molecule has 174 valence electrons. The Kier molecular flexibility index (Phi) is 6.74. The third-order valence-electron chi connectivity index (χ3n) is 5.70. The number of likely N-dealkylation sites (tertiary alicyclic amines) is 1. The van der Waals surface area contributed by atoms with Crippen LogP contribution in [-0.2, 0) is 5.41 Å². The molecule has 32 heavy (non-hydrogen) atoms. The van der Waals surface area contributed by atoms with Crippen LogP contribution in [0.1, 0.15) is 49.5 Å². The largest absolute Gasteiger partial charge is 0.573 e. The minimum absolute atomic E-state index is 0.0554. The van der Waals surface area contributed by atoms with Gasteiger partial charge in [0.1, 0.15) is 5.75 Å². The fourth-order valence-corrected chi connectivity index (χ4v) is 3.68. The highest BCUT2D eigenvalue weighted by molar-refractivity contribution is 5.97. The van der Waals surface area contributed by atoms with E-state index >= 15 is 0 Å². The molecule has 2 aromatic carbocycles. The second-order valence-electron chi connectivity index (χ2n) is 9.24. The smallest absolute Gasteiger partial charge is 0.405 e. The number of hydrogen-bond acceptors (Lipinski definition) is 4. The molecule has 1 heterocycles. The number of halogens is 3. The Labute approximate surface area is 186 Å². The monoisotopic (exact) mass is 450 g/mol. The quantitative estimate of drug-likeness (QED) is 0.676. The van der Waals surface area contributed by atoms with Gasteiger partial charge in [0.2, 0.25) is 0 Å². The molecule has 1 amide bonds. The third-order valence-corrected chi connectivity index (χ3v) is 5.70. The van der Waals surface area contributed by atoms with E-state index in [9.17, 15) is 23.1 Å². The van der Waals surface area contributed by atoms with Gasteiger partial charge >= 0.3 is 6.36 Å². The van der Waals surface area contributed by atoms with E-state index in [0.717, 1.165) is 11.8 Å². The fraction of sp³-hybridized carbons (Fsp3) is 0.458. The Hall–Kier alpha value is -2.74. The molecule has 0 atom stereocenters. The molecule has 0 unspecified atom stereocenters. The van der Waals surface area contributed by atoms with E-state index in [0.29, 0.717) is 19.4 Å². The van der Waals surface area contributed by atoms with Crippen molar-refractivity contribution in [3.05, 3.63) is 59.7 Å². The summed E-state index contributed by atoms with van der Waals surface area (Å²) in [7, 11) is 0. The average molecular weight is 451 g/mol. The maximum absolute atomic E-state index is 12.8. The SMILES string of the molecule is CC(C)(C)c1ccc(NCC2(O)CCN(C(=O)c3ccccc3OC(F)(F)F)CC2)cc1. The van der Waals surface area contributed by atoms with E-state index in [1.54, 1.807) is 0 Å². The summed E-state index contributed by atoms with van der Waals surface area (Å²) in [6.45, 7) is 7.21. The lowest BCUT2D eigenvalue weighted by atomic mass is 9.87. The summed E-state index contributed by atoms with van der Waals surface area (Å²) < 4.78 is 41.9. The van der Waals surface area contributed by atoms with E-state index in [1.807, 2.05) is 24.3 Å². The molecule has 1 aliphatic rings. The lowest BCUT2D eigenvalue weighted by Gasteiger charge is -2.38. The van der Waals surface area contributed by atoms with Gasteiger partial charge in [-0.3, -0.25) is 4.79 Å². The molecule has 0 spiro atoms. The van der Waals surface area contributed by atoms with E-state index in [1.165, 1.54) is 28.7 Å². The summed E-state index contributed by atoms with van der Waals surface area (Å²) in [4.78, 5) is 14.2. The molecule has 8 heteroatoms. The van der Waals surface area contributed by atoms with Gasteiger partial charge in [-0.1, -0.05) is 45.0 Å². The van der Waals surface area contributed by atoms with Crippen molar-refractivity contribution in [3.63, 3.8) is 0 Å². The van der Waals surface area contributed by atoms with Crippen molar-refractivity contribution < 1.29 is 27.8 Å². The van der Waals surface area contributed by atoms with Crippen LogP contribution in [-0.4, -0.2) is 47.5 Å². The molecular weight excluding hydrogens is 421 g/mol. The Morgan fingerprint density at radius 3 is 2.22 bits per heavy atom. The topological polar surface area (TPSA) is 61.8 Å². The summed E-state index contributed by atoms with van der Waals surface area (Å²) >= 11 is 0. The number of para-hydroxylation sites is 1. The van der Waals surface area contributed by atoms with Crippen LogP contribution in [0.2, 0.25) is 0 Å². The van der Waals surface area contributed by atoms with Gasteiger partial charge in [-0.15, -0.1) is 13.2 Å². The van der Waals surface area contributed by atoms with Crippen LogP contribution in [0.5, 0.6) is 5.75 Å². The summed E-state index contributed by atoms with van der Waals surface area (Å²) in [5, 5.41) is 14.2. The zero-order chi connectivity index (χ0) is 23.6. The number of hydrogen-bond donors (Lipinski definition) is 2. The minimum Gasteiger partial charge on any atom is -0.405 e. The first-order chi connectivity index (χ1) is 14.9. The molecule has 2 aromatic rings. The maximum atomic E-state index is 12.8. The predicted octanol–water partition coefficient (Wildman–Crippen LogP) is 4.96. The van der Waals surface area contributed by atoms with Crippen LogP contribution in [0.4, 0.5) is 18.9 Å². The van der Waals surface area contributed by atoms with E-state index in [4.69, 9.17) is 0 Å². The Morgan fingerprint density at radius 1 is 1.06 bits per heavy atom. The molecule has 2 N–H and O–H groups in total. The summed E-state index contributed by atoms with van der Waals surface area (Å²) in [6.07, 6.45) is -4.25. The molecule has 5 nitrogen and oxygen atoms in total. The highest BCUT2D eigenvalue weighted by Gasteiger charge is 2.36. The Morgan fingerprint density at radius 2 is 1.66 bits per heavy atom. The third kappa shape index (κ3) is 6.16. The van der Waals surface area contributed by atoms with Crippen LogP contribution in [0.3, 0.4) is 0 Å². The second kappa shape index (κ2) is 9.02. The number of rotatable bonds is 5. The van der Waals surface area contributed by atoms with Crippen LogP contribution >= 0.6 is 0 Å². The fourth-order valence-electron chi connectivity index (χ4n) is 3.68. The minimum atomic E-state index is -4.88. The zero-order valence-corrected chi connectivity index (χ0v) is 18.5. The molecule has 1 saturated heterocycles. The van der Waals surface area contributed by atoms with Gasteiger partial charge in [-0.25, -0.2) is 0 Å². The number of carbonyl (C=O) groups excluding carboxylic acids is 1. The van der Waals surface area contributed by atoms with Crippen molar-refractivity contribution in [2.45, 2.75) is 51.0 Å².